The lowest BCUT2D eigenvalue weighted by atomic mass is 11.6. The summed E-state index contributed by atoms with van der Waals surface area (Å²) in [7, 11) is -3.42. The van der Waals surface area contributed by atoms with Gasteiger partial charge in [-0.05, 0) is 0 Å². The zero-order chi connectivity index (χ0) is 5.91. The number of hydrogen-bond acceptors (Lipinski definition) is 3. The van der Waals surface area contributed by atoms with Gasteiger partial charge in [-0.3, -0.25) is 9.09 Å². The highest BCUT2D eigenvalue weighted by Gasteiger charge is 2.06. The molecule has 1 unspecified atom stereocenters. The van der Waals surface area contributed by atoms with E-state index in [4.69, 9.17) is 10.00 Å². The van der Waals surface area contributed by atoms with Crippen LogP contribution in [0, 0.1) is 0 Å². The van der Waals surface area contributed by atoms with Crippen molar-refractivity contribution in [3.8, 4) is 0 Å². The highest BCUT2D eigenvalue weighted by Crippen LogP contribution is 2.35. The van der Waals surface area contributed by atoms with Gasteiger partial charge in [0.2, 0.25) is 0 Å². The molecule has 44 valence electrons. The number of rotatable bonds is 2. The first kappa shape index (κ1) is 7.11. The van der Waals surface area contributed by atoms with E-state index < -0.39 is 14.4 Å². The first-order chi connectivity index (χ1) is 3.06. The Bertz CT molecular complexity index is 83.7. The fourth-order valence-corrected chi connectivity index (χ4v) is 0.321. The minimum atomic E-state index is -3.42. The average molecular weight is 126 g/mol. The van der Waals surface area contributed by atoms with Crippen molar-refractivity contribution in [2.45, 2.75) is 0 Å². The number of aliphatic hydroxyl groups excluding tert-OH is 1. The van der Waals surface area contributed by atoms with Gasteiger partial charge in [0.25, 0.3) is 0 Å². The Morgan fingerprint density at radius 3 is 2.29 bits per heavy atom. The van der Waals surface area contributed by atoms with Crippen molar-refractivity contribution in [2.24, 2.45) is 0 Å². The molecule has 0 aliphatic rings. The normalized spacial score (nSPS) is 18.7. The Balaban J connectivity index is 3.36. The van der Waals surface area contributed by atoms with E-state index in [2.05, 4.69) is 4.52 Å². The van der Waals surface area contributed by atoms with Crippen LogP contribution in [0.4, 0.5) is 0 Å². The van der Waals surface area contributed by atoms with Crippen LogP contribution < -0.4 is 0 Å². The summed E-state index contributed by atoms with van der Waals surface area (Å²) in [4.78, 5) is 8.19. The van der Waals surface area contributed by atoms with Crippen LogP contribution in [0.5, 0.6) is 0 Å². The maximum atomic E-state index is 9.99. The summed E-state index contributed by atoms with van der Waals surface area (Å²) in [5, 5.41) is 7.85. The van der Waals surface area contributed by atoms with Crippen LogP contribution in [-0.2, 0) is 9.09 Å². The molecule has 0 spiro atoms. The predicted octanol–water partition coefficient (Wildman–Crippen LogP) is -0.232. The number of hydrogen-bond donors (Lipinski definition) is 2. The molecule has 0 aromatic rings. The molecule has 2 N–H and O–H groups in total. The maximum absolute atomic E-state index is 9.99. The van der Waals surface area contributed by atoms with E-state index in [1.165, 1.54) is 0 Å². The molecule has 0 saturated carbocycles. The van der Waals surface area contributed by atoms with Crippen LogP contribution in [0.1, 0.15) is 0 Å². The zero-order valence-electron chi connectivity index (χ0n) is 3.87. The molecule has 0 heterocycles. The first-order valence-electron chi connectivity index (χ1n) is 1.62. The van der Waals surface area contributed by atoms with Crippen molar-refractivity contribution in [2.75, 3.05) is 13.5 Å². The van der Waals surface area contributed by atoms with E-state index in [9.17, 15) is 4.57 Å². The Morgan fingerprint density at radius 1 is 1.86 bits per heavy atom. The Kier molecular flexibility index (Phi) is 2.46. The van der Waals surface area contributed by atoms with Crippen LogP contribution in [0.25, 0.3) is 0 Å². The number of aliphatic hydroxyl groups is 1. The predicted molar refractivity (Wildman–Crippen MR) is 23.9 cm³/mol. The lowest BCUT2D eigenvalue weighted by molar-refractivity contribution is 0.0882. The molecule has 0 radical (unpaired) electrons. The Morgan fingerprint density at radius 2 is 2.29 bits per heavy atom. The molecule has 0 rings (SSSR count). The van der Waals surface area contributed by atoms with Crippen molar-refractivity contribution < 1.29 is 19.1 Å². The molecule has 1 atom stereocenters. The van der Waals surface area contributed by atoms with Gasteiger partial charge in [-0.15, -0.1) is 0 Å². The molecule has 0 aliphatic heterocycles. The second-order valence-corrected chi connectivity index (χ2v) is 2.93. The van der Waals surface area contributed by atoms with Crippen LogP contribution in [0.2, 0.25) is 0 Å². The maximum Gasteiger partial charge on any atom is 0.327 e. The van der Waals surface area contributed by atoms with Gasteiger partial charge < -0.3 is 10.00 Å². The molecule has 0 saturated heterocycles. The van der Waals surface area contributed by atoms with Crippen molar-refractivity contribution >= 4 is 7.60 Å². The molecule has 0 aliphatic carbocycles. The third-order valence-electron chi connectivity index (χ3n) is 0.297. The van der Waals surface area contributed by atoms with Crippen molar-refractivity contribution in [3.63, 3.8) is 0 Å². The fraction of sp³-hybridized carbons (Fsp3) is 1.00. The van der Waals surface area contributed by atoms with Gasteiger partial charge in [-0.1, -0.05) is 0 Å². The molecule has 0 amide bonds. The largest absolute Gasteiger partial charge is 0.370 e. The third kappa shape index (κ3) is 6.11. The quantitative estimate of drug-likeness (QED) is 0.396. The van der Waals surface area contributed by atoms with Gasteiger partial charge in [0, 0.05) is 6.66 Å². The molecular formula is C2H7O4P. The summed E-state index contributed by atoms with van der Waals surface area (Å²) in [6.07, 6.45) is 0. The Labute approximate surface area is 41.3 Å². The SMILES string of the molecule is CP(=O)(O)OCO. The van der Waals surface area contributed by atoms with Crippen molar-refractivity contribution in [1.29, 1.82) is 0 Å². The smallest absolute Gasteiger partial charge is 0.327 e. The van der Waals surface area contributed by atoms with Crippen molar-refractivity contribution in [1.82, 2.24) is 0 Å². The van der Waals surface area contributed by atoms with Gasteiger partial charge in [-0.25, -0.2) is 0 Å². The summed E-state index contributed by atoms with van der Waals surface area (Å²) < 4.78 is 13.9. The minimum absolute atomic E-state index is 0.704. The summed E-state index contributed by atoms with van der Waals surface area (Å²) in [6.45, 7) is 0.299. The van der Waals surface area contributed by atoms with E-state index in [1.54, 1.807) is 0 Å². The lowest BCUT2D eigenvalue weighted by Crippen LogP contribution is -1.87. The van der Waals surface area contributed by atoms with Crippen LogP contribution in [-0.4, -0.2) is 23.5 Å². The molecule has 4 nitrogen and oxygen atoms in total. The second-order valence-electron chi connectivity index (χ2n) is 1.06. The van der Waals surface area contributed by atoms with E-state index in [1.807, 2.05) is 0 Å². The summed E-state index contributed by atoms with van der Waals surface area (Å²) in [6, 6.07) is 0. The van der Waals surface area contributed by atoms with Gasteiger partial charge in [0.05, 0.1) is 0 Å². The second kappa shape index (κ2) is 2.43. The van der Waals surface area contributed by atoms with Gasteiger partial charge in [-0.2, -0.15) is 0 Å². The van der Waals surface area contributed by atoms with Crippen LogP contribution in [0.3, 0.4) is 0 Å². The topological polar surface area (TPSA) is 66.8 Å². The van der Waals surface area contributed by atoms with E-state index in [-0.39, 0.29) is 0 Å². The molecule has 0 aromatic carbocycles. The summed E-state index contributed by atoms with van der Waals surface area (Å²) >= 11 is 0. The summed E-state index contributed by atoms with van der Waals surface area (Å²) in [5.74, 6) is 0. The molecule has 0 bridgehead atoms. The van der Waals surface area contributed by atoms with Crippen LogP contribution in [0.15, 0.2) is 0 Å². The van der Waals surface area contributed by atoms with E-state index in [0.29, 0.717) is 0 Å². The Hall–Kier alpha value is 0.110. The standard InChI is InChI=1S/C2H7O4P/c1-7(4,5)6-2-3/h3H,2H2,1H3,(H,4,5). The molecular weight excluding hydrogens is 119 g/mol. The van der Waals surface area contributed by atoms with E-state index >= 15 is 0 Å². The van der Waals surface area contributed by atoms with E-state index in [0.717, 1.165) is 6.66 Å². The zero-order valence-corrected chi connectivity index (χ0v) is 4.76. The minimum Gasteiger partial charge on any atom is -0.370 e. The monoisotopic (exact) mass is 126 g/mol. The fourth-order valence-electron chi connectivity index (χ4n) is 0.107. The third-order valence-corrected chi connectivity index (χ3v) is 0.892. The van der Waals surface area contributed by atoms with Gasteiger partial charge >= 0.3 is 7.60 Å². The highest BCUT2D eigenvalue weighted by atomic mass is 31.2. The molecule has 5 heteroatoms. The summed E-state index contributed by atoms with van der Waals surface area (Å²) in [5.41, 5.74) is 0. The molecule has 7 heavy (non-hydrogen) atoms. The van der Waals surface area contributed by atoms with Crippen molar-refractivity contribution in [3.05, 3.63) is 0 Å². The first-order valence-corrected chi connectivity index (χ1v) is 3.64. The lowest BCUT2D eigenvalue weighted by Gasteiger charge is -1.99. The molecule has 0 fully saturated rings. The molecule has 0 aromatic heterocycles. The van der Waals surface area contributed by atoms with Gasteiger partial charge in [0.1, 0.15) is 0 Å². The van der Waals surface area contributed by atoms with Crippen LogP contribution >= 0.6 is 7.60 Å². The highest BCUT2D eigenvalue weighted by molar-refractivity contribution is 7.51. The van der Waals surface area contributed by atoms with Gasteiger partial charge in [0.15, 0.2) is 6.79 Å². The average Bonchev–Trinajstić information content (AvgIpc) is 1.30.